The van der Waals surface area contributed by atoms with Crippen LogP contribution in [0.5, 0.6) is 0 Å². The summed E-state index contributed by atoms with van der Waals surface area (Å²) in [6.07, 6.45) is -3.36. The molecule has 7 nitrogen and oxygen atoms in total. The first-order valence-electron chi connectivity index (χ1n) is 7.96. The largest absolute Gasteiger partial charge is 0.423 e. The van der Waals surface area contributed by atoms with Crippen LogP contribution in [0, 0.1) is 0 Å². The van der Waals surface area contributed by atoms with E-state index < -0.39 is 24.5 Å². The van der Waals surface area contributed by atoms with Gasteiger partial charge in [-0.2, -0.15) is 13.2 Å². The van der Waals surface area contributed by atoms with Gasteiger partial charge in [0, 0.05) is 19.6 Å². The Labute approximate surface area is 136 Å². The highest BCUT2D eigenvalue weighted by molar-refractivity contribution is 5.75. The van der Waals surface area contributed by atoms with Crippen molar-refractivity contribution in [1.82, 2.24) is 20.0 Å². The number of hydrogen-bond donors (Lipinski definition) is 0. The summed E-state index contributed by atoms with van der Waals surface area (Å²) in [5, 5.41) is 7.22. The SMILES string of the molecule is O=C(N1CCOCC1)N1CCCCC1c1nnc(CC(F)(F)F)o1. The lowest BCUT2D eigenvalue weighted by Gasteiger charge is -2.38. The molecule has 0 radical (unpaired) electrons. The van der Waals surface area contributed by atoms with Crippen LogP contribution in [0.3, 0.4) is 0 Å². The number of alkyl halides is 3. The van der Waals surface area contributed by atoms with E-state index in [1.165, 1.54) is 0 Å². The fourth-order valence-electron chi connectivity index (χ4n) is 3.00. The molecule has 1 unspecified atom stereocenters. The van der Waals surface area contributed by atoms with Gasteiger partial charge < -0.3 is 19.0 Å². The highest BCUT2D eigenvalue weighted by Gasteiger charge is 2.36. The molecule has 2 saturated heterocycles. The molecule has 1 aromatic heterocycles. The van der Waals surface area contributed by atoms with Crippen molar-refractivity contribution in [2.24, 2.45) is 0 Å². The van der Waals surface area contributed by atoms with Gasteiger partial charge in [-0.05, 0) is 19.3 Å². The molecular formula is C14H19F3N4O3. The van der Waals surface area contributed by atoms with E-state index in [4.69, 9.17) is 9.15 Å². The molecule has 134 valence electrons. The second-order valence-electron chi connectivity index (χ2n) is 5.91. The topological polar surface area (TPSA) is 71.7 Å². The number of hydrogen-bond acceptors (Lipinski definition) is 5. The van der Waals surface area contributed by atoms with Crippen molar-refractivity contribution >= 4 is 6.03 Å². The smallest absolute Gasteiger partial charge is 0.397 e. The summed E-state index contributed by atoms with van der Waals surface area (Å²) in [4.78, 5) is 16.0. The summed E-state index contributed by atoms with van der Waals surface area (Å²) in [6.45, 7) is 2.51. The first-order chi connectivity index (χ1) is 11.4. The second kappa shape index (κ2) is 6.96. The molecular weight excluding hydrogens is 329 g/mol. The maximum Gasteiger partial charge on any atom is 0.397 e. The monoisotopic (exact) mass is 348 g/mol. The maximum absolute atomic E-state index is 12.7. The molecule has 1 aromatic rings. The number of urea groups is 1. The van der Waals surface area contributed by atoms with Gasteiger partial charge in [0.05, 0.1) is 13.2 Å². The summed E-state index contributed by atoms with van der Waals surface area (Å²) < 4.78 is 47.7. The fraction of sp³-hybridized carbons (Fsp3) is 0.786. The van der Waals surface area contributed by atoms with Crippen LogP contribution in [0.25, 0.3) is 0 Å². The Kier molecular flexibility index (Phi) is 4.93. The number of likely N-dealkylation sites (tertiary alicyclic amines) is 1. The number of carbonyl (C=O) groups is 1. The zero-order valence-electron chi connectivity index (χ0n) is 13.1. The fourth-order valence-corrected chi connectivity index (χ4v) is 3.00. The normalized spacial score (nSPS) is 22.7. The molecule has 3 rings (SSSR count). The molecule has 2 aliphatic heterocycles. The van der Waals surface area contributed by atoms with Crippen molar-refractivity contribution in [2.75, 3.05) is 32.8 Å². The van der Waals surface area contributed by atoms with Crippen LogP contribution in [0.15, 0.2) is 4.42 Å². The zero-order valence-corrected chi connectivity index (χ0v) is 13.1. The summed E-state index contributed by atoms with van der Waals surface area (Å²) in [7, 11) is 0. The number of nitrogens with zero attached hydrogens (tertiary/aromatic N) is 4. The van der Waals surface area contributed by atoms with Crippen LogP contribution in [-0.2, 0) is 11.2 Å². The minimum Gasteiger partial charge on any atom is -0.423 e. The van der Waals surface area contributed by atoms with Crippen LogP contribution >= 0.6 is 0 Å². The second-order valence-corrected chi connectivity index (χ2v) is 5.91. The Morgan fingerprint density at radius 2 is 1.92 bits per heavy atom. The van der Waals surface area contributed by atoms with Gasteiger partial charge in [0.15, 0.2) is 0 Å². The Morgan fingerprint density at radius 1 is 1.17 bits per heavy atom. The van der Waals surface area contributed by atoms with Crippen LogP contribution in [0.1, 0.15) is 37.1 Å². The number of amides is 2. The number of aromatic nitrogens is 2. The van der Waals surface area contributed by atoms with Crippen molar-refractivity contribution in [1.29, 1.82) is 0 Å². The average molecular weight is 348 g/mol. The first-order valence-corrected chi connectivity index (χ1v) is 7.96. The van der Waals surface area contributed by atoms with E-state index in [9.17, 15) is 18.0 Å². The van der Waals surface area contributed by atoms with E-state index in [1.807, 2.05) is 0 Å². The lowest BCUT2D eigenvalue weighted by molar-refractivity contribution is -0.131. The van der Waals surface area contributed by atoms with Crippen molar-refractivity contribution < 1.29 is 27.1 Å². The van der Waals surface area contributed by atoms with Gasteiger partial charge in [0.1, 0.15) is 12.5 Å². The Balaban J connectivity index is 1.73. The van der Waals surface area contributed by atoms with Gasteiger partial charge in [0.25, 0.3) is 0 Å². The van der Waals surface area contributed by atoms with Gasteiger partial charge in [0.2, 0.25) is 11.8 Å². The van der Waals surface area contributed by atoms with E-state index in [2.05, 4.69) is 10.2 Å². The van der Waals surface area contributed by atoms with Crippen molar-refractivity contribution in [2.45, 2.75) is 37.9 Å². The molecule has 10 heteroatoms. The van der Waals surface area contributed by atoms with E-state index in [0.29, 0.717) is 39.3 Å². The molecule has 2 amide bonds. The van der Waals surface area contributed by atoms with Crippen LogP contribution in [0.2, 0.25) is 0 Å². The van der Waals surface area contributed by atoms with Crippen molar-refractivity contribution in [3.63, 3.8) is 0 Å². The van der Waals surface area contributed by atoms with Gasteiger partial charge in [-0.15, -0.1) is 10.2 Å². The van der Waals surface area contributed by atoms with Gasteiger partial charge in [-0.1, -0.05) is 0 Å². The molecule has 2 aliphatic rings. The third-order valence-corrected chi connectivity index (χ3v) is 4.15. The Morgan fingerprint density at radius 3 is 2.62 bits per heavy atom. The van der Waals surface area contributed by atoms with E-state index in [0.717, 1.165) is 12.8 Å². The quantitative estimate of drug-likeness (QED) is 0.819. The molecule has 1 atom stereocenters. The average Bonchev–Trinajstić information content (AvgIpc) is 3.01. The zero-order chi connectivity index (χ0) is 17.2. The maximum atomic E-state index is 12.7. The summed E-state index contributed by atoms with van der Waals surface area (Å²) in [6, 6.07) is -0.623. The number of carbonyl (C=O) groups excluding carboxylic acids is 1. The molecule has 3 heterocycles. The van der Waals surface area contributed by atoms with Gasteiger partial charge in [-0.3, -0.25) is 0 Å². The lowest BCUT2D eigenvalue weighted by Crippen LogP contribution is -2.50. The third kappa shape index (κ3) is 3.97. The summed E-state index contributed by atoms with van der Waals surface area (Å²) >= 11 is 0. The van der Waals surface area contributed by atoms with Gasteiger partial charge in [-0.25, -0.2) is 4.79 Å². The predicted molar refractivity (Wildman–Crippen MR) is 75.1 cm³/mol. The standard InChI is InChI=1S/C14H19F3N4O3/c15-14(16,17)9-11-18-19-12(24-11)10-3-1-2-4-21(10)13(22)20-5-7-23-8-6-20/h10H,1-9H2. The van der Waals surface area contributed by atoms with Crippen molar-refractivity contribution in [3.05, 3.63) is 11.8 Å². The van der Waals surface area contributed by atoms with Gasteiger partial charge >= 0.3 is 12.2 Å². The molecule has 0 spiro atoms. The Bertz CT molecular complexity index is 572. The Hall–Kier alpha value is -1.84. The van der Waals surface area contributed by atoms with Crippen LogP contribution in [0.4, 0.5) is 18.0 Å². The molecule has 2 fully saturated rings. The third-order valence-electron chi connectivity index (χ3n) is 4.15. The number of piperidine rings is 1. The van der Waals surface area contributed by atoms with Crippen molar-refractivity contribution in [3.8, 4) is 0 Å². The number of morpholine rings is 1. The number of rotatable bonds is 2. The molecule has 24 heavy (non-hydrogen) atoms. The highest BCUT2D eigenvalue weighted by atomic mass is 19.4. The minimum absolute atomic E-state index is 0.0792. The molecule has 0 bridgehead atoms. The molecule has 0 aromatic carbocycles. The highest BCUT2D eigenvalue weighted by Crippen LogP contribution is 2.32. The van der Waals surface area contributed by atoms with E-state index >= 15 is 0 Å². The first kappa shape index (κ1) is 17.0. The molecule has 0 saturated carbocycles. The predicted octanol–water partition coefficient (Wildman–Crippen LogP) is 2.15. The van der Waals surface area contributed by atoms with Crippen LogP contribution in [-0.4, -0.2) is 65.1 Å². The van der Waals surface area contributed by atoms with Crippen LogP contribution < -0.4 is 0 Å². The lowest BCUT2D eigenvalue weighted by atomic mass is 10.0. The van der Waals surface area contributed by atoms with E-state index in [-0.39, 0.29) is 11.9 Å². The molecule has 0 N–H and O–H groups in total. The van der Waals surface area contributed by atoms with E-state index in [1.54, 1.807) is 9.80 Å². The minimum atomic E-state index is -4.40. The summed E-state index contributed by atoms with van der Waals surface area (Å²) in [5.74, 6) is -0.391. The number of halogens is 3. The number of ether oxygens (including phenoxy) is 1. The molecule has 0 aliphatic carbocycles. The summed E-state index contributed by atoms with van der Waals surface area (Å²) in [5.41, 5.74) is 0.